The second-order valence-electron chi connectivity index (χ2n) is 4.55. The van der Waals surface area contributed by atoms with E-state index < -0.39 is 0 Å². The molecule has 0 radical (unpaired) electrons. The van der Waals surface area contributed by atoms with Crippen LogP contribution in [0, 0.1) is 0 Å². The second-order valence-corrected chi connectivity index (χ2v) is 5.42. The molecule has 106 valence electrons. The van der Waals surface area contributed by atoms with Gasteiger partial charge in [-0.2, -0.15) is 0 Å². The van der Waals surface area contributed by atoms with Crippen LogP contribution >= 0.6 is 23.2 Å². The van der Waals surface area contributed by atoms with Gasteiger partial charge in [0.1, 0.15) is 5.75 Å². The van der Waals surface area contributed by atoms with Crippen LogP contribution in [0.15, 0.2) is 48.5 Å². The molecule has 1 aromatic heterocycles. The summed E-state index contributed by atoms with van der Waals surface area (Å²) in [6, 6.07) is 14.8. The minimum Gasteiger partial charge on any atom is -0.438 e. The number of hydrogen-bond donors (Lipinski definition) is 1. The van der Waals surface area contributed by atoms with E-state index in [0.717, 1.165) is 16.5 Å². The van der Waals surface area contributed by atoms with Gasteiger partial charge >= 0.3 is 0 Å². The minimum atomic E-state index is 0.345. The van der Waals surface area contributed by atoms with Crippen LogP contribution in [0.3, 0.4) is 0 Å². The van der Waals surface area contributed by atoms with E-state index in [0.29, 0.717) is 28.2 Å². The van der Waals surface area contributed by atoms with Crippen LogP contribution in [0.25, 0.3) is 10.8 Å². The zero-order chi connectivity index (χ0) is 14.8. The zero-order valence-electron chi connectivity index (χ0n) is 11.0. The van der Waals surface area contributed by atoms with Crippen molar-refractivity contribution >= 4 is 34.0 Å². The summed E-state index contributed by atoms with van der Waals surface area (Å²) < 4.78 is 5.86. The lowest BCUT2D eigenvalue weighted by molar-refractivity contribution is 0.467. The molecule has 0 spiro atoms. The highest BCUT2D eigenvalue weighted by Gasteiger charge is 2.08. The first-order valence-electron chi connectivity index (χ1n) is 6.38. The van der Waals surface area contributed by atoms with Gasteiger partial charge in [-0.25, -0.2) is 4.98 Å². The Hall–Kier alpha value is -1.81. The average Bonchev–Trinajstić information content (AvgIpc) is 2.46. The van der Waals surface area contributed by atoms with E-state index in [9.17, 15) is 0 Å². The van der Waals surface area contributed by atoms with Crippen LogP contribution in [0.1, 0.15) is 5.69 Å². The van der Waals surface area contributed by atoms with Gasteiger partial charge in [0.2, 0.25) is 5.88 Å². The van der Waals surface area contributed by atoms with Crippen molar-refractivity contribution < 1.29 is 4.74 Å². The van der Waals surface area contributed by atoms with Crippen molar-refractivity contribution in [3.63, 3.8) is 0 Å². The number of halogens is 2. The summed E-state index contributed by atoms with van der Waals surface area (Å²) in [5.41, 5.74) is 6.45. The smallest absolute Gasteiger partial charge is 0.227 e. The Balaban J connectivity index is 2.10. The molecule has 3 aromatic rings. The number of nitrogens with two attached hydrogens (primary N) is 1. The summed E-state index contributed by atoms with van der Waals surface area (Å²) in [6.45, 7) is 0.345. The Morgan fingerprint density at radius 2 is 1.71 bits per heavy atom. The first-order valence-corrected chi connectivity index (χ1v) is 7.14. The van der Waals surface area contributed by atoms with E-state index in [1.807, 2.05) is 30.3 Å². The first-order chi connectivity index (χ1) is 10.2. The Morgan fingerprint density at radius 3 is 2.43 bits per heavy atom. The third-order valence-corrected chi connectivity index (χ3v) is 3.45. The number of fused-ring (bicyclic) bond motifs is 1. The van der Waals surface area contributed by atoms with Gasteiger partial charge in [0, 0.05) is 22.0 Å². The monoisotopic (exact) mass is 318 g/mol. The Kier molecular flexibility index (Phi) is 3.97. The molecule has 3 nitrogen and oxygen atoms in total. The van der Waals surface area contributed by atoms with E-state index in [1.54, 1.807) is 18.2 Å². The number of rotatable bonds is 3. The lowest BCUT2D eigenvalue weighted by Crippen LogP contribution is -2.01. The molecule has 0 amide bonds. The lowest BCUT2D eigenvalue weighted by Gasteiger charge is -2.10. The summed E-state index contributed by atoms with van der Waals surface area (Å²) in [6.07, 6.45) is 0. The largest absolute Gasteiger partial charge is 0.438 e. The maximum absolute atomic E-state index is 5.99. The fourth-order valence-electron chi connectivity index (χ4n) is 2.10. The van der Waals surface area contributed by atoms with Crippen molar-refractivity contribution in [2.24, 2.45) is 5.73 Å². The van der Waals surface area contributed by atoms with Gasteiger partial charge < -0.3 is 10.5 Å². The number of pyridine rings is 1. The van der Waals surface area contributed by atoms with E-state index in [1.165, 1.54) is 0 Å². The van der Waals surface area contributed by atoms with E-state index >= 15 is 0 Å². The maximum atomic E-state index is 5.99. The molecular weight excluding hydrogens is 307 g/mol. The highest BCUT2D eigenvalue weighted by atomic mass is 35.5. The average molecular weight is 319 g/mol. The molecule has 0 saturated heterocycles. The molecule has 0 aliphatic rings. The third kappa shape index (κ3) is 3.10. The SMILES string of the molecule is NCc1cc2ccccc2c(Oc2cc(Cl)cc(Cl)c2)n1. The van der Waals surface area contributed by atoms with Gasteiger partial charge in [-0.3, -0.25) is 0 Å². The van der Waals surface area contributed by atoms with Crippen molar-refractivity contribution in [3.8, 4) is 11.6 Å². The first kappa shape index (κ1) is 14.1. The predicted octanol–water partition coefficient (Wildman–Crippen LogP) is 4.79. The maximum Gasteiger partial charge on any atom is 0.227 e. The van der Waals surface area contributed by atoms with E-state index in [2.05, 4.69) is 4.98 Å². The lowest BCUT2D eigenvalue weighted by atomic mass is 10.1. The predicted molar refractivity (Wildman–Crippen MR) is 86.2 cm³/mol. The van der Waals surface area contributed by atoms with Crippen LogP contribution in [-0.4, -0.2) is 4.98 Å². The molecule has 3 rings (SSSR count). The summed E-state index contributed by atoms with van der Waals surface area (Å²) in [5, 5.41) is 2.95. The Labute approximate surface area is 132 Å². The standard InChI is InChI=1S/C16H12Cl2N2O/c17-11-6-12(18)8-14(7-11)21-16-15-4-2-1-3-10(15)5-13(9-19)20-16/h1-8H,9,19H2. The fraction of sp³-hybridized carbons (Fsp3) is 0.0625. The summed E-state index contributed by atoms with van der Waals surface area (Å²) in [5.74, 6) is 1.03. The molecule has 5 heteroatoms. The number of nitrogens with zero attached hydrogens (tertiary/aromatic N) is 1. The van der Waals surface area contributed by atoms with Crippen LogP contribution in [0.4, 0.5) is 0 Å². The molecule has 1 heterocycles. The molecule has 0 aliphatic heterocycles. The van der Waals surface area contributed by atoms with Crippen LogP contribution in [-0.2, 0) is 6.54 Å². The van der Waals surface area contributed by atoms with Crippen molar-refractivity contribution in [1.29, 1.82) is 0 Å². The van der Waals surface area contributed by atoms with Crippen LogP contribution in [0.5, 0.6) is 11.6 Å². The van der Waals surface area contributed by atoms with E-state index in [4.69, 9.17) is 33.7 Å². The summed E-state index contributed by atoms with van der Waals surface area (Å²) in [7, 11) is 0. The molecule has 0 fully saturated rings. The molecule has 0 bridgehead atoms. The quantitative estimate of drug-likeness (QED) is 0.755. The highest BCUT2D eigenvalue weighted by molar-refractivity contribution is 6.34. The molecule has 0 atom stereocenters. The summed E-state index contributed by atoms with van der Waals surface area (Å²) in [4.78, 5) is 4.44. The summed E-state index contributed by atoms with van der Waals surface area (Å²) >= 11 is 12.0. The van der Waals surface area contributed by atoms with Gasteiger partial charge in [-0.15, -0.1) is 0 Å². The number of hydrogen-bond acceptors (Lipinski definition) is 3. The van der Waals surface area contributed by atoms with Gasteiger partial charge in [0.05, 0.1) is 5.69 Å². The Morgan fingerprint density at radius 1 is 1.00 bits per heavy atom. The topological polar surface area (TPSA) is 48.1 Å². The fourth-order valence-corrected chi connectivity index (χ4v) is 2.61. The molecule has 2 N–H and O–H groups in total. The molecule has 21 heavy (non-hydrogen) atoms. The highest BCUT2D eigenvalue weighted by Crippen LogP contribution is 2.31. The Bertz CT molecular complexity index is 785. The molecule has 0 aliphatic carbocycles. The second kappa shape index (κ2) is 5.90. The van der Waals surface area contributed by atoms with Gasteiger partial charge in [0.15, 0.2) is 0 Å². The van der Waals surface area contributed by atoms with Crippen molar-refractivity contribution in [2.75, 3.05) is 0 Å². The minimum absolute atomic E-state index is 0.345. The third-order valence-electron chi connectivity index (χ3n) is 3.02. The van der Waals surface area contributed by atoms with Gasteiger partial charge in [-0.05, 0) is 35.7 Å². The van der Waals surface area contributed by atoms with Crippen molar-refractivity contribution in [1.82, 2.24) is 4.98 Å². The van der Waals surface area contributed by atoms with Gasteiger partial charge in [-0.1, -0.05) is 41.4 Å². The van der Waals surface area contributed by atoms with Crippen LogP contribution < -0.4 is 10.5 Å². The number of aromatic nitrogens is 1. The number of benzene rings is 2. The molecule has 0 unspecified atom stereocenters. The molecule has 2 aromatic carbocycles. The van der Waals surface area contributed by atoms with E-state index in [-0.39, 0.29) is 0 Å². The van der Waals surface area contributed by atoms with Crippen LogP contribution in [0.2, 0.25) is 10.0 Å². The van der Waals surface area contributed by atoms with Crippen molar-refractivity contribution in [3.05, 3.63) is 64.3 Å². The van der Waals surface area contributed by atoms with Crippen molar-refractivity contribution in [2.45, 2.75) is 6.54 Å². The normalized spacial score (nSPS) is 10.8. The zero-order valence-corrected chi connectivity index (χ0v) is 12.5. The molecular formula is C16H12Cl2N2O. The number of ether oxygens (including phenoxy) is 1. The molecule has 0 saturated carbocycles. The van der Waals surface area contributed by atoms with Gasteiger partial charge in [0.25, 0.3) is 0 Å².